The van der Waals surface area contributed by atoms with Gasteiger partial charge in [0.2, 0.25) is 5.91 Å². The summed E-state index contributed by atoms with van der Waals surface area (Å²) in [6, 6.07) is 14.2. The molecule has 4 N–H and O–H groups in total. The van der Waals surface area contributed by atoms with Crippen molar-refractivity contribution in [2.24, 2.45) is 5.73 Å². The number of hydrogen-bond donors (Lipinski definition) is 3. The van der Waals surface area contributed by atoms with Crippen LogP contribution in [0.2, 0.25) is 0 Å². The van der Waals surface area contributed by atoms with Gasteiger partial charge in [-0.05, 0) is 30.7 Å². The lowest BCUT2D eigenvalue weighted by Gasteiger charge is -2.10. The number of carbonyl (C=O) groups excluding carboxylic acids is 1. The molecule has 0 saturated carbocycles. The average molecular weight is 270 g/mol. The molecule has 2 aromatic carbocycles. The Labute approximate surface area is 118 Å². The second-order valence-corrected chi connectivity index (χ2v) is 4.77. The molecule has 0 radical (unpaired) electrons. The summed E-state index contributed by atoms with van der Waals surface area (Å²) in [5.41, 5.74) is 8.09. The number of anilines is 1. The van der Waals surface area contributed by atoms with Crippen molar-refractivity contribution in [1.82, 2.24) is 0 Å². The number of nitrogens with one attached hydrogen (secondary N) is 1. The van der Waals surface area contributed by atoms with E-state index in [1.54, 1.807) is 24.3 Å². The highest BCUT2D eigenvalue weighted by molar-refractivity contribution is 5.92. The van der Waals surface area contributed by atoms with E-state index >= 15 is 0 Å². The summed E-state index contributed by atoms with van der Waals surface area (Å²) in [5, 5.41) is 12.5. The van der Waals surface area contributed by atoms with Crippen LogP contribution in [0.25, 0.3) is 0 Å². The molecule has 0 aromatic heterocycles. The summed E-state index contributed by atoms with van der Waals surface area (Å²) in [6.45, 7) is 1.89. The van der Waals surface area contributed by atoms with Gasteiger partial charge in [-0.1, -0.05) is 30.3 Å². The SMILES string of the molecule is CC(N)c1cccc(NC(=O)Cc2ccccc2O)c1. The molecule has 0 aliphatic rings. The Morgan fingerprint density at radius 3 is 2.70 bits per heavy atom. The van der Waals surface area contributed by atoms with Crippen LogP contribution in [0.1, 0.15) is 24.1 Å². The van der Waals surface area contributed by atoms with Crippen LogP contribution >= 0.6 is 0 Å². The Kier molecular flexibility index (Phi) is 4.38. The van der Waals surface area contributed by atoms with Crippen LogP contribution in [0.4, 0.5) is 5.69 Å². The maximum absolute atomic E-state index is 12.0. The first-order chi connectivity index (χ1) is 9.56. The molecule has 1 unspecified atom stereocenters. The minimum atomic E-state index is -0.173. The Morgan fingerprint density at radius 1 is 1.25 bits per heavy atom. The largest absolute Gasteiger partial charge is 0.508 e. The maximum atomic E-state index is 12.0. The van der Waals surface area contributed by atoms with E-state index in [2.05, 4.69) is 5.32 Å². The van der Waals surface area contributed by atoms with Gasteiger partial charge in [0.15, 0.2) is 0 Å². The van der Waals surface area contributed by atoms with Gasteiger partial charge >= 0.3 is 0 Å². The standard InChI is InChI=1S/C16H18N2O2/c1-11(17)12-6-4-7-14(9-12)18-16(20)10-13-5-2-3-8-15(13)19/h2-9,11,19H,10,17H2,1H3,(H,18,20). The first-order valence-electron chi connectivity index (χ1n) is 6.48. The van der Waals surface area contributed by atoms with Gasteiger partial charge in [0.1, 0.15) is 5.75 Å². The van der Waals surface area contributed by atoms with Gasteiger partial charge in [-0.2, -0.15) is 0 Å². The molecule has 0 saturated heterocycles. The highest BCUT2D eigenvalue weighted by atomic mass is 16.3. The molecule has 1 atom stereocenters. The highest BCUT2D eigenvalue weighted by Gasteiger charge is 2.08. The Hall–Kier alpha value is -2.33. The van der Waals surface area contributed by atoms with Crippen molar-refractivity contribution in [3.05, 3.63) is 59.7 Å². The minimum Gasteiger partial charge on any atom is -0.508 e. The van der Waals surface area contributed by atoms with Crippen LogP contribution in [-0.4, -0.2) is 11.0 Å². The lowest BCUT2D eigenvalue weighted by Crippen LogP contribution is -2.15. The van der Waals surface area contributed by atoms with Crippen molar-refractivity contribution >= 4 is 11.6 Å². The van der Waals surface area contributed by atoms with Crippen molar-refractivity contribution < 1.29 is 9.90 Å². The monoisotopic (exact) mass is 270 g/mol. The molecule has 2 aromatic rings. The van der Waals surface area contributed by atoms with E-state index < -0.39 is 0 Å². The predicted molar refractivity (Wildman–Crippen MR) is 79.5 cm³/mol. The van der Waals surface area contributed by atoms with E-state index in [9.17, 15) is 9.90 Å². The summed E-state index contributed by atoms with van der Waals surface area (Å²) in [7, 11) is 0. The fraction of sp³-hybridized carbons (Fsp3) is 0.188. The molecule has 4 heteroatoms. The number of amides is 1. The van der Waals surface area contributed by atoms with Crippen LogP contribution in [0.3, 0.4) is 0 Å². The normalized spacial score (nSPS) is 11.9. The maximum Gasteiger partial charge on any atom is 0.228 e. The summed E-state index contributed by atoms with van der Waals surface area (Å²) in [6.07, 6.45) is 0.134. The van der Waals surface area contributed by atoms with Gasteiger partial charge in [-0.3, -0.25) is 4.79 Å². The number of phenolic OH excluding ortho intramolecular Hbond substituents is 1. The summed E-state index contributed by atoms with van der Waals surface area (Å²) in [5.74, 6) is -0.0414. The number of phenols is 1. The molecule has 0 heterocycles. The van der Waals surface area contributed by atoms with E-state index in [0.717, 1.165) is 5.56 Å². The quantitative estimate of drug-likeness (QED) is 0.799. The number of rotatable bonds is 4. The van der Waals surface area contributed by atoms with Crippen LogP contribution in [0.15, 0.2) is 48.5 Å². The number of aromatic hydroxyl groups is 1. The average Bonchev–Trinajstić information content (AvgIpc) is 2.41. The fourth-order valence-electron chi connectivity index (χ4n) is 1.94. The third kappa shape index (κ3) is 3.59. The summed E-state index contributed by atoms with van der Waals surface area (Å²) in [4.78, 5) is 12.0. The number of carbonyl (C=O) groups is 1. The molecule has 104 valence electrons. The number of benzene rings is 2. The molecule has 20 heavy (non-hydrogen) atoms. The zero-order valence-electron chi connectivity index (χ0n) is 11.3. The van der Waals surface area contributed by atoms with Crippen molar-refractivity contribution in [3.63, 3.8) is 0 Å². The van der Waals surface area contributed by atoms with E-state index in [1.807, 2.05) is 31.2 Å². The molecule has 4 nitrogen and oxygen atoms in total. The van der Waals surface area contributed by atoms with E-state index in [-0.39, 0.29) is 24.1 Å². The first-order valence-corrected chi connectivity index (χ1v) is 6.48. The third-order valence-corrected chi connectivity index (χ3v) is 3.04. The van der Waals surface area contributed by atoms with Crippen LogP contribution in [-0.2, 0) is 11.2 Å². The lowest BCUT2D eigenvalue weighted by molar-refractivity contribution is -0.115. The summed E-state index contributed by atoms with van der Waals surface area (Å²) >= 11 is 0. The van der Waals surface area contributed by atoms with E-state index in [0.29, 0.717) is 11.3 Å². The van der Waals surface area contributed by atoms with Gasteiger partial charge < -0.3 is 16.2 Å². The van der Waals surface area contributed by atoms with Crippen molar-refractivity contribution in [3.8, 4) is 5.75 Å². The van der Waals surface area contributed by atoms with E-state index in [4.69, 9.17) is 5.73 Å². The second kappa shape index (κ2) is 6.21. The first kappa shape index (κ1) is 14.1. The molecule has 0 spiro atoms. The Balaban J connectivity index is 2.05. The number of para-hydroxylation sites is 1. The zero-order valence-corrected chi connectivity index (χ0v) is 11.3. The second-order valence-electron chi connectivity index (χ2n) is 4.77. The van der Waals surface area contributed by atoms with Crippen LogP contribution in [0, 0.1) is 0 Å². The predicted octanol–water partition coefficient (Wildman–Crippen LogP) is 2.59. The highest BCUT2D eigenvalue weighted by Crippen LogP contribution is 2.18. The van der Waals surface area contributed by atoms with Gasteiger partial charge in [-0.25, -0.2) is 0 Å². The Morgan fingerprint density at radius 2 is 2.00 bits per heavy atom. The third-order valence-electron chi connectivity index (χ3n) is 3.04. The summed E-state index contributed by atoms with van der Waals surface area (Å²) < 4.78 is 0. The molecular formula is C16H18N2O2. The van der Waals surface area contributed by atoms with Crippen LogP contribution < -0.4 is 11.1 Å². The number of hydrogen-bond acceptors (Lipinski definition) is 3. The molecular weight excluding hydrogens is 252 g/mol. The van der Waals surface area contributed by atoms with Gasteiger partial charge in [0.05, 0.1) is 6.42 Å². The molecule has 2 rings (SSSR count). The number of nitrogens with two attached hydrogens (primary N) is 1. The van der Waals surface area contributed by atoms with E-state index in [1.165, 1.54) is 0 Å². The van der Waals surface area contributed by atoms with Crippen LogP contribution in [0.5, 0.6) is 5.75 Å². The fourth-order valence-corrected chi connectivity index (χ4v) is 1.94. The molecule has 1 amide bonds. The zero-order chi connectivity index (χ0) is 14.5. The molecule has 0 aliphatic carbocycles. The minimum absolute atomic E-state index is 0.0787. The molecule has 0 fully saturated rings. The van der Waals surface area contributed by atoms with Crippen molar-refractivity contribution in [2.75, 3.05) is 5.32 Å². The topological polar surface area (TPSA) is 75.3 Å². The van der Waals surface area contributed by atoms with Gasteiger partial charge in [0.25, 0.3) is 0 Å². The molecule has 0 bridgehead atoms. The van der Waals surface area contributed by atoms with Crippen molar-refractivity contribution in [2.45, 2.75) is 19.4 Å². The van der Waals surface area contributed by atoms with Gasteiger partial charge in [-0.15, -0.1) is 0 Å². The smallest absolute Gasteiger partial charge is 0.228 e. The van der Waals surface area contributed by atoms with Crippen molar-refractivity contribution in [1.29, 1.82) is 0 Å². The Bertz CT molecular complexity index is 609. The molecule has 0 aliphatic heterocycles. The lowest BCUT2D eigenvalue weighted by atomic mass is 10.1. The van der Waals surface area contributed by atoms with Gasteiger partial charge in [0, 0.05) is 17.3 Å².